The van der Waals surface area contributed by atoms with Gasteiger partial charge in [0.25, 0.3) is 0 Å². The van der Waals surface area contributed by atoms with Crippen LogP contribution in [0.15, 0.2) is 15.3 Å². The number of nitrogens with zero attached hydrogens (tertiary/aromatic N) is 2. The van der Waals surface area contributed by atoms with Crippen LogP contribution in [0.3, 0.4) is 0 Å². The van der Waals surface area contributed by atoms with Crippen LogP contribution in [0.1, 0.15) is 37.1 Å². The van der Waals surface area contributed by atoms with Crippen LogP contribution in [-0.2, 0) is 0 Å². The lowest BCUT2D eigenvalue weighted by Crippen LogP contribution is -2.02. The van der Waals surface area contributed by atoms with Gasteiger partial charge in [-0.15, -0.1) is 0 Å². The first kappa shape index (κ1) is 12.3. The molecule has 0 fully saturated rings. The molecule has 0 radical (unpaired) electrons. The van der Waals surface area contributed by atoms with Crippen molar-refractivity contribution < 1.29 is 4.52 Å². The van der Waals surface area contributed by atoms with Crippen molar-refractivity contribution in [3.8, 4) is 11.4 Å². The van der Waals surface area contributed by atoms with E-state index in [0.717, 1.165) is 18.4 Å². The van der Waals surface area contributed by atoms with Gasteiger partial charge < -0.3 is 10.3 Å². The average Bonchev–Trinajstić information content (AvgIpc) is 2.93. The minimum absolute atomic E-state index is 0.277. The van der Waals surface area contributed by atoms with Crippen molar-refractivity contribution in [2.24, 2.45) is 5.73 Å². The van der Waals surface area contributed by atoms with Gasteiger partial charge in [-0.2, -0.15) is 16.3 Å². The molecule has 0 bridgehead atoms. The summed E-state index contributed by atoms with van der Waals surface area (Å²) in [5.41, 5.74) is 7.75. The molecular formula is C12H17N3OS. The van der Waals surface area contributed by atoms with Crippen LogP contribution in [0.25, 0.3) is 11.4 Å². The SMILES string of the molecule is Cc1cscc1-c1noc(C(C)CCCN)n1. The van der Waals surface area contributed by atoms with Crippen LogP contribution in [0.4, 0.5) is 0 Å². The van der Waals surface area contributed by atoms with E-state index in [-0.39, 0.29) is 5.92 Å². The first-order valence-corrected chi connectivity index (χ1v) is 6.73. The second-order valence-corrected chi connectivity index (χ2v) is 5.00. The van der Waals surface area contributed by atoms with E-state index in [9.17, 15) is 0 Å². The summed E-state index contributed by atoms with van der Waals surface area (Å²) in [4.78, 5) is 4.45. The Bertz CT molecular complexity index is 478. The molecule has 2 rings (SSSR count). The summed E-state index contributed by atoms with van der Waals surface area (Å²) in [5.74, 6) is 1.68. The van der Waals surface area contributed by atoms with Gasteiger partial charge in [-0.3, -0.25) is 0 Å². The van der Waals surface area contributed by atoms with Gasteiger partial charge in [0.05, 0.1) is 0 Å². The highest BCUT2D eigenvalue weighted by atomic mass is 32.1. The topological polar surface area (TPSA) is 64.9 Å². The number of aryl methyl sites for hydroxylation is 1. The van der Waals surface area contributed by atoms with E-state index >= 15 is 0 Å². The molecule has 2 aromatic heterocycles. The monoisotopic (exact) mass is 251 g/mol. The minimum Gasteiger partial charge on any atom is -0.339 e. The number of nitrogens with two attached hydrogens (primary N) is 1. The maximum Gasteiger partial charge on any atom is 0.229 e. The molecule has 1 atom stereocenters. The highest BCUT2D eigenvalue weighted by Crippen LogP contribution is 2.26. The largest absolute Gasteiger partial charge is 0.339 e. The van der Waals surface area contributed by atoms with Crippen molar-refractivity contribution in [1.29, 1.82) is 0 Å². The molecule has 1 unspecified atom stereocenters. The molecule has 0 saturated heterocycles. The lowest BCUT2D eigenvalue weighted by molar-refractivity contribution is 0.352. The molecule has 2 heterocycles. The van der Waals surface area contributed by atoms with Gasteiger partial charge in [-0.25, -0.2) is 0 Å². The Kier molecular flexibility index (Phi) is 3.91. The van der Waals surface area contributed by atoms with Crippen LogP contribution in [0.5, 0.6) is 0 Å². The van der Waals surface area contributed by atoms with Crippen molar-refractivity contribution >= 4 is 11.3 Å². The Morgan fingerprint density at radius 3 is 2.94 bits per heavy atom. The number of thiophene rings is 1. The molecule has 5 heteroatoms. The zero-order valence-electron chi connectivity index (χ0n) is 10.1. The van der Waals surface area contributed by atoms with Gasteiger partial charge in [0.1, 0.15) is 0 Å². The van der Waals surface area contributed by atoms with Gasteiger partial charge in [0.15, 0.2) is 0 Å². The number of rotatable bonds is 5. The van der Waals surface area contributed by atoms with Crippen molar-refractivity contribution in [2.75, 3.05) is 6.54 Å². The van der Waals surface area contributed by atoms with Gasteiger partial charge in [0.2, 0.25) is 11.7 Å². The predicted octanol–water partition coefficient (Wildman–Crippen LogP) is 2.95. The van der Waals surface area contributed by atoms with Gasteiger partial charge in [-0.05, 0) is 37.3 Å². The summed E-state index contributed by atoms with van der Waals surface area (Å²) < 4.78 is 5.30. The molecule has 0 saturated carbocycles. The minimum atomic E-state index is 0.277. The van der Waals surface area contributed by atoms with E-state index < -0.39 is 0 Å². The molecule has 0 aromatic carbocycles. The highest BCUT2D eigenvalue weighted by molar-refractivity contribution is 7.08. The second-order valence-electron chi connectivity index (χ2n) is 4.26. The summed E-state index contributed by atoms with van der Waals surface area (Å²) in [6.07, 6.45) is 1.97. The number of hydrogen-bond acceptors (Lipinski definition) is 5. The van der Waals surface area contributed by atoms with Crippen LogP contribution in [-0.4, -0.2) is 16.7 Å². The lowest BCUT2D eigenvalue weighted by Gasteiger charge is -2.03. The summed E-state index contributed by atoms with van der Waals surface area (Å²) in [6, 6.07) is 0. The Labute approximate surface area is 105 Å². The Morgan fingerprint density at radius 2 is 2.29 bits per heavy atom. The number of hydrogen-bond donors (Lipinski definition) is 1. The maximum atomic E-state index is 5.49. The van der Waals surface area contributed by atoms with E-state index in [1.54, 1.807) is 11.3 Å². The number of aromatic nitrogens is 2. The van der Waals surface area contributed by atoms with E-state index in [2.05, 4.69) is 34.7 Å². The third-order valence-electron chi connectivity index (χ3n) is 2.80. The molecule has 92 valence electrons. The van der Waals surface area contributed by atoms with E-state index in [0.29, 0.717) is 18.3 Å². The third kappa shape index (κ3) is 2.73. The van der Waals surface area contributed by atoms with Gasteiger partial charge in [0, 0.05) is 16.9 Å². The summed E-state index contributed by atoms with van der Waals surface area (Å²) in [5, 5.41) is 8.17. The van der Waals surface area contributed by atoms with Crippen LogP contribution < -0.4 is 5.73 Å². The standard InChI is InChI=1S/C12H17N3OS/c1-8(4-3-5-13)12-14-11(15-16-12)10-7-17-6-9(10)2/h6-8H,3-5,13H2,1-2H3. The molecule has 2 N–H and O–H groups in total. The zero-order chi connectivity index (χ0) is 12.3. The van der Waals surface area contributed by atoms with E-state index in [1.165, 1.54) is 5.56 Å². The fraction of sp³-hybridized carbons (Fsp3) is 0.500. The summed E-state index contributed by atoms with van der Waals surface area (Å²) >= 11 is 1.65. The highest BCUT2D eigenvalue weighted by Gasteiger charge is 2.16. The lowest BCUT2D eigenvalue weighted by atomic mass is 10.1. The molecule has 0 aliphatic rings. The molecule has 17 heavy (non-hydrogen) atoms. The quantitative estimate of drug-likeness (QED) is 0.887. The molecule has 0 aliphatic carbocycles. The Hall–Kier alpha value is -1.20. The van der Waals surface area contributed by atoms with Crippen LogP contribution in [0.2, 0.25) is 0 Å². The molecular weight excluding hydrogens is 234 g/mol. The first-order chi connectivity index (χ1) is 8.22. The van der Waals surface area contributed by atoms with Gasteiger partial charge in [-0.1, -0.05) is 12.1 Å². The smallest absolute Gasteiger partial charge is 0.229 e. The normalized spacial score (nSPS) is 12.9. The molecule has 2 aromatic rings. The Morgan fingerprint density at radius 1 is 1.47 bits per heavy atom. The van der Waals surface area contributed by atoms with E-state index in [4.69, 9.17) is 10.3 Å². The van der Waals surface area contributed by atoms with Crippen molar-refractivity contribution in [3.05, 3.63) is 22.2 Å². The fourth-order valence-electron chi connectivity index (χ4n) is 1.68. The molecule has 4 nitrogen and oxygen atoms in total. The second kappa shape index (κ2) is 5.42. The molecule has 0 spiro atoms. The molecule has 0 amide bonds. The van der Waals surface area contributed by atoms with Crippen molar-refractivity contribution in [2.45, 2.75) is 32.6 Å². The van der Waals surface area contributed by atoms with Crippen molar-refractivity contribution in [1.82, 2.24) is 10.1 Å². The maximum absolute atomic E-state index is 5.49. The Balaban J connectivity index is 2.13. The fourth-order valence-corrected chi connectivity index (χ4v) is 2.51. The third-order valence-corrected chi connectivity index (χ3v) is 3.66. The van der Waals surface area contributed by atoms with Crippen LogP contribution >= 0.6 is 11.3 Å². The van der Waals surface area contributed by atoms with Crippen molar-refractivity contribution in [3.63, 3.8) is 0 Å². The summed E-state index contributed by atoms with van der Waals surface area (Å²) in [7, 11) is 0. The molecule has 0 aliphatic heterocycles. The average molecular weight is 251 g/mol. The van der Waals surface area contributed by atoms with Crippen LogP contribution in [0, 0.1) is 6.92 Å². The summed E-state index contributed by atoms with van der Waals surface area (Å²) in [6.45, 7) is 4.85. The van der Waals surface area contributed by atoms with E-state index in [1.807, 2.05) is 0 Å². The predicted molar refractivity (Wildman–Crippen MR) is 69.1 cm³/mol. The zero-order valence-corrected chi connectivity index (χ0v) is 11.0. The van der Waals surface area contributed by atoms with Gasteiger partial charge >= 0.3 is 0 Å². The first-order valence-electron chi connectivity index (χ1n) is 5.79.